The highest BCUT2D eigenvalue weighted by Gasteiger charge is 2.18. The molecule has 3 nitrogen and oxygen atoms in total. The number of fused-ring (bicyclic) bond motifs is 1. The van der Waals surface area contributed by atoms with E-state index in [0.29, 0.717) is 6.04 Å². The first-order chi connectivity index (χ1) is 10.7. The molecule has 1 atom stereocenters. The van der Waals surface area contributed by atoms with Gasteiger partial charge in [0.15, 0.2) is 0 Å². The SMILES string of the molecule is CC(CCCl)N1CCc2ccc(-c3ccnn3C)cc2CC1. The van der Waals surface area contributed by atoms with Crippen LogP contribution in [0.4, 0.5) is 0 Å². The molecule has 2 heterocycles. The number of rotatable bonds is 4. The van der Waals surface area contributed by atoms with Gasteiger partial charge in [0.2, 0.25) is 0 Å². The van der Waals surface area contributed by atoms with Gasteiger partial charge in [0.05, 0.1) is 5.69 Å². The maximum Gasteiger partial charge on any atom is 0.0678 e. The quantitative estimate of drug-likeness (QED) is 0.805. The number of halogens is 1. The van der Waals surface area contributed by atoms with E-state index in [-0.39, 0.29) is 0 Å². The summed E-state index contributed by atoms with van der Waals surface area (Å²) in [7, 11) is 2.00. The summed E-state index contributed by atoms with van der Waals surface area (Å²) in [5, 5.41) is 4.28. The van der Waals surface area contributed by atoms with Crippen molar-refractivity contribution in [3.63, 3.8) is 0 Å². The summed E-state index contributed by atoms with van der Waals surface area (Å²) in [5.74, 6) is 0.745. The van der Waals surface area contributed by atoms with Gasteiger partial charge in [-0.3, -0.25) is 9.58 Å². The summed E-state index contributed by atoms with van der Waals surface area (Å²) < 4.78 is 1.94. The van der Waals surface area contributed by atoms with Gasteiger partial charge in [0, 0.05) is 43.8 Å². The largest absolute Gasteiger partial charge is 0.300 e. The molecule has 0 N–H and O–H groups in total. The Morgan fingerprint density at radius 3 is 2.64 bits per heavy atom. The highest BCUT2D eigenvalue weighted by Crippen LogP contribution is 2.25. The molecule has 118 valence electrons. The van der Waals surface area contributed by atoms with Crippen LogP contribution in [0.3, 0.4) is 0 Å². The third kappa shape index (κ3) is 3.21. The minimum Gasteiger partial charge on any atom is -0.300 e. The van der Waals surface area contributed by atoms with Crippen LogP contribution >= 0.6 is 11.6 Å². The third-order valence-electron chi connectivity index (χ3n) is 4.81. The van der Waals surface area contributed by atoms with Gasteiger partial charge in [-0.15, -0.1) is 11.6 Å². The van der Waals surface area contributed by atoms with Crippen molar-refractivity contribution in [2.45, 2.75) is 32.2 Å². The molecule has 1 aliphatic rings. The van der Waals surface area contributed by atoms with Crippen LogP contribution in [0.1, 0.15) is 24.5 Å². The monoisotopic (exact) mass is 317 g/mol. The maximum atomic E-state index is 5.90. The Balaban J connectivity index is 1.80. The van der Waals surface area contributed by atoms with Crippen LogP contribution in [-0.4, -0.2) is 39.7 Å². The van der Waals surface area contributed by atoms with Gasteiger partial charge in [-0.25, -0.2) is 0 Å². The van der Waals surface area contributed by atoms with Gasteiger partial charge in [0.25, 0.3) is 0 Å². The zero-order valence-electron chi connectivity index (χ0n) is 13.4. The van der Waals surface area contributed by atoms with Crippen LogP contribution in [0.5, 0.6) is 0 Å². The van der Waals surface area contributed by atoms with Crippen molar-refractivity contribution in [2.75, 3.05) is 19.0 Å². The van der Waals surface area contributed by atoms with E-state index in [9.17, 15) is 0 Å². The fourth-order valence-corrected chi connectivity index (χ4v) is 3.66. The molecule has 0 aliphatic carbocycles. The van der Waals surface area contributed by atoms with E-state index in [1.54, 1.807) is 0 Å². The minimum absolute atomic E-state index is 0.573. The van der Waals surface area contributed by atoms with Crippen molar-refractivity contribution >= 4 is 11.6 Å². The molecule has 0 radical (unpaired) electrons. The molecule has 1 unspecified atom stereocenters. The number of aromatic nitrogens is 2. The molecule has 1 aromatic carbocycles. The summed E-state index contributed by atoms with van der Waals surface area (Å²) in [5.41, 5.74) is 5.42. The second-order valence-corrected chi connectivity index (χ2v) is 6.56. The van der Waals surface area contributed by atoms with E-state index in [1.165, 1.54) is 22.4 Å². The lowest BCUT2D eigenvalue weighted by Crippen LogP contribution is -2.35. The number of alkyl halides is 1. The van der Waals surface area contributed by atoms with Gasteiger partial charge >= 0.3 is 0 Å². The molecule has 4 heteroatoms. The van der Waals surface area contributed by atoms with Crippen LogP contribution in [0.15, 0.2) is 30.5 Å². The Labute approximate surface area is 137 Å². The predicted molar refractivity (Wildman–Crippen MR) is 92.4 cm³/mol. The van der Waals surface area contributed by atoms with Crippen LogP contribution < -0.4 is 0 Å². The molecule has 3 rings (SSSR count). The zero-order valence-corrected chi connectivity index (χ0v) is 14.2. The fourth-order valence-electron chi connectivity index (χ4n) is 3.34. The smallest absolute Gasteiger partial charge is 0.0678 e. The number of nitrogens with zero attached hydrogens (tertiary/aromatic N) is 3. The van der Waals surface area contributed by atoms with Gasteiger partial charge in [-0.2, -0.15) is 5.10 Å². The van der Waals surface area contributed by atoms with E-state index in [2.05, 4.69) is 41.2 Å². The molecule has 0 amide bonds. The van der Waals surface area contributed by atoms with Gasteiger partial charge in [-0.1, -0.05) is 12.1 Å². The van der Waals surface area contributed by atoms with Gasteiger partial charge in [-0.05, 0) is 49.4 Å². The van der Waals surface area contributed by atoms with Crippen LogP contribution in [0.2, 0.25) is 0 Å². The maximum absolute atomic E-state index is 5.90. The zero-order chi connectivity index (χ0) is 15.5. The van der Waals surface area contributed by atoms with E-state index >= 15 is 0 Å². The van der Waals surface area contributed by atoms with Crippen LogP contribution in [-0.2, 0) is 19.9 Å². The molecule has 22 heavy (non-hydrogen) atoms. The van der Waals surface area contributed by atoms with Crippen molar-refractivity contribution in [1.29, 1.82) is 0 Å². The first-order valence-electron chi connectivity index (χ1n) is 8.09. The first-order valence-corrected chi connectivity index (χ1v) is 8.62. The van der Waals surface area contributed by atoms with E-state index < -0.39 is 0 Å². The first kappa shape index (κ1) is 15.6. The lowest BCUT2D eigenvalue weighted by molar-refractivity contribution is 0.214. The van der Waals surface area contributed by atoms with Gasteiger partial charge in [0.1, 0.15) is 0 Å². The average molecular weight is 318 g/mol. The van der Waals surface area contributed by atoms with E-state index in [4.69, 9.17) is 11.6 Å². The molecule has 0 bridgehead atoms. The molecular formula is C18H24ClN3. The fraction of sp³-hybridized carbons (Fsp3) is 0.500. The Bertz CT molecular complexity index is 635. The number of hydrogen-bond donors (Lipinski definition) is 0. The Kier molecular flexibility index (Phi) is 4.84. The topological polar surface area (TPSA) is 21.1 Å². The minimum atomic E-state index is 0.573. The second kappa shape index (κ2) is 6.84. The van der Waals surface area contributed by atoms with Crippen molar-refractivity contribution in [3.8, 4) is 11.3 Å². The molecular weight excluding hydrogens is 294 g/mol. The average Bonchev–Trinajstić information content (AvgIpc) is 2.82. The third-order valence-corrected chi connectivity index (χ3v) is 5.03. The molecule has 0 saturated heterocycles. The highest BCUT2D eigenvalue weighted by molar-refractivity contribution is 6.17. The van der Waals surface area contributed by atoms with Crippen molar-refractivity contribution in [2.24, 2.45) is 7.05 Å². The van der Waals surface area contributed by atoms with Crippen molar-refractivity contribution < 1.29 is 0 Å². The molecule has 0 fully saturated rings. The van der Waals surface area contributed by atoms with E-state index in [0.717, 1.165) is 38.2 Å². The lowest BCUT2D eigenvalue weighted by atomic mass is 9.99. The normalized spacial score (nSPS) is 17.0. The molecule has 0 spiro atoms. The number of hydrogen-bond acceptors (Lipinski definition) is 2. The van der Waals surface area contributed by atoms with Crippen LogP contribution in [0.25, 0.3) is 11.3 Å². The highest BCUT2D eigenvalue weighted by atomic mass is 35.5. The number of benzene rings is 1. The number of aryl methyl sites for hydroxylation is 1. The summed E-state index contributed by atoms with van der Waals surface area (Å²) in [6.07, 6.45) is 5.18. The summed E-state index contributed by atoms with van der Waals surface area (Å²) in [4.78, 5) is 2.58. The predicted octanol–water partition coefficient (Wildman–Crippen LogP) is 3.51. The van der Waals surface area contributed by atoms with E-state index in [1.807, 2.05) is 17.9 Å². The molecule has 1 aromatic heterocycles. The van der Waals surface area contributed by atoms with Gasteiger partial charge < -0.3 is 0 Å². The summed E-state index contributed by atoms with van der Waals surface area (Å²) >= 11 is 5.90. The lowest BCUT2D eigenvalue weighted by Gasteiger charge is -2.26. The molecule has 0 saturated carbocycles. The Morgan fingerprint density at radius 1 is 1.18 bits per heavy atom. The van der Waals surface area contributed by atoms with Crippen molar-refractivity contribution in [3.05, 3.63) is 41.6 Å². The Hall–Kier alpha value is -1.32. The van der Waals surface area contributed by atoms with Crippen molar-refractivity contribution in [1.82, 2.24) is 14.7 Å². The second-order valence-electron chi connectivity index (χ2n) is 6.19. The summed E-state index contributed by atoms with van der Waals surface area (Å²) in [6, 6.07) is 9.53. The van der Waals surface area contributed by atoms with Crippen LogP contribution in [0, 0.1) is 0 Å². The standard InChI is InChI=1S/C18H24ClN3/c1-14(5-9-19)22-11-7-15-3-4-17(13-16(15)8-12-22)18-6-10-20-21(18)2/h3-4,6,10,13-14H,5,7-9,11-12H2,1-2H3. The molecule has 1 aliphatic heterocycles. The Morgan fingerprint density at radius 2 is 1.95 bits per heavy atom. The summed E-state index contributed by atoms with van der Waals surface area (Å²) in [6.45, 7) is 4.55. The molecule has 2 aromatic rings.